The zero-order chi connectivity index (χ0) is 13.8. The van der Waals surface area contributed by atoms with Crippen LogP contribution in [0.1, 0.15) is 11.1 Å². The summed E-state index contributed by atoms with van der Waals surface area (Å²) in [6, 6.07) is 1.32. The van der Waals surface area contributed by atoms with E-state index in [1.807, 2.05) is 0 Å². The van der Waals surface area contributed by atoms with Crippen molar-refractivity contribution in [2.75, 3.05) is 39.8 Å². The van der Waals surface area contributed by atoms with Crippen molar-refractivity contribution in [1.82, 2.24) is 10.2 Å². The predicted molar refractivity (Wildman–Crippen MR) is 75.7 cm³/mol. The van der Waals surface area contributed by atoms with Gasteiger partial charge in [0.05, 0.1) is 12.1 Å². The molecular weight excluding hydrogens is 267 g/mol. The van der Waals surface area contributed by atoms with Gasteiger partial charge in [0.1, 0.15) is 11.6 Å². The third kappa shape index (κ3) is 3.38. The molecule has 1 aliphatic heterocycles. The van der Waals surface area contributed by atoms with Gasteiger partial charge in [-0.2, -0.15) is 0 Å². The molecule has 0 saturated carbocycles. The second-order valence-corrected chi connectivity index (χ2v) is 5.23. The van der Waals surface area contributed by atoms with Crippen molar-refractivity contribution in [3.8, 4) is 5.75 Å². The lowest BCUT2D eigenvalue weighted by Gasteiger charge is -2.27. The lowest BCUT2D eigenvalue weighted by Crippen LogP contribution is -2.44. The maximum Gasteiger partial charge on any atom is 0.141 e. The Morgan fingerprint density at radius 3 is 2.74 bits per heavy atom. The summed E-state index contributed by atoms with van der Waals surface area (Å²) in [7, 11) is 1.58. The Morgan fingerprint density at radius 2 is 2.11 bits per heavy atom. The normalized spacial score (nSPS) is 16.6. The average molecular weight is 287 g/mol. The van der Waals surface area contributed by atoms with Crippen LogP contribution in [0.2, 0.25) is 5.02 Å². The van der Waals surface area contributed by atoms with Gasteiger partial charge in [-0.25, -0.2) is 4.39 Å². The number of hydrogen-bond donors (Lipinski definition) is 1. The van der Waals surface area contributed by atoms with Crippen LogP contribution in [0.15, 0.2) is 6.07 Å². The quantitative estimate of drug-likeness (QED) is 0.919. The van der Waals surface area contributed by atoms with Crippen molar-refractivity contribution in [3.63, 3.8) is 0 Å². The minimum Gasteiger partial charge on any atom is -0.495 e. The Bertz CT molecular complexity index is 448. The highest BCUT2D eigenvalue weighted by molar-refractivity contribution is 6.32. The SMILES string of the molecule is COc1c(Cl)cc(F)c(C)c1CCN1CCNCC1. The number of ether oxygens (including phenoxy) is 1. The van der Waals surface area contributed by atoms with Crippen molar-refractivity contribution in [2.45, 2.75) is 13.3 Å². The zero-order valence-corrected chi connectivity index (χ0v) is 12.2. The molecule has 0 spiro atoms. The molecule has 3 nitrogen and oxygen atoms in total. The summed E-state index contributed by atoms with van der Waals surface area (Å²) < 4.78 is 19.1. The molecule has 0 amide bonds. The fourth-order valence-electron chi connectivity index (χ4n) is 2.47. The second-order valence-electron chi connectivity index (χ2n) is 4.82. The predicted octanol–water partition coefficient (Wildman–Crippen LogP) is 2.24. The lowest BCUT2D eigenvalue weighted by atomic mass is 10.0. The Labute approximate surface area is 118 Å². The van der Waals surface area contributed by atoms with E-state index in [0.717, 1.165) is 44.7 Å². The van der Waals surface area contributed by atoms with Gasteiger partial charge >= 0.3 is 0 Å². The topological polar surface area (TPSA) is 24.5 Å². The number of halogens is 2. The number of methoxy groups -OCH3 is 1. The first-order valence-electron chi connectivity index (χ1n) is 6.58. The monoisotopic (exact) mass is 286 g/mol. The summed E-state index contributed by atoms with van der Waals surface area (Å²) >= 11 is 6.04. The largest absolute Gasteiger partial charge is 0.495 e. The fourth-order valence-corrected chi connectivity index (χ4v) is 2.76. The molecule has 106 valence electrons. The molecule has 0 radical (unpaired) electrons. The molecule has 0 bridgehead atoms. The summed E-state index contributed by atoms with van der Waals surface area (Å²) in [5.41, 5.74) is 1.52. The molecule has 1 aliphatic rings. The fraction of sp³-hybridized carbons (Fsp3) is 0.571. The van der Waals surface area contributed by atoms with E-state index in [2.05, 4.69) is 10.2 Å². The lowest BCUT2D eigenvalue weighted by molar-refractivity contribution is 0.243. The van der Waals surface area contributed by atoms with E-state index in [1.54, 1.807) is 14.0 Å². The van der Waals surface area contributed by atoms with Gasteiger partial charge in [-0.15, -0.1) is 0 Å². The van der Waals surface area contributed by atoms with Gasteiger partial charge < -0.3 is 15.0 Å². The molecule has 1 fully saturated rings. The van der Waals surface area contributed by atoms with Crippen LogP contribution in [0.4, 0.5) is 4.39 Å². The van der Waals surface area contributed by atoms with Gasteiger partial charge in [-0.1, -0.05) is 11.6 Å². The second kappa shape index (κ2) is 6.55. The molecule has 1 aromatic carbocycles. The molecule has 1 saturated heterocycles. The van der Waals surface area contributed by atoms with Crippen LogP contribution in [0.3, 0.4) is 0 Å². The van der Waals surface area contributed by atoms with Crippen molar-refractivity contribution < 1.29 is 9.13 Å². The van der Waals surface area contributed by atoms with Gasteiger partial charge in [0.2, 0.25) is 0 Å². The molecule has 0 unspecified atom stereocenters. The molecule has 1 aromatic rings. The number of rotatable bonds is 4. The van der Waals surface area contributed by atoms with Crippen LogP contribution in [0.25, 0.3) is 0 Å². The first-order valence-corrected chi connectivity index (χ1v) is 6.95. The highest BCUT2D eigenvalue weighted by Gasteiger charge is 2.17. The van der Waals surface area contributed by atoms with Crippen molar-refractivity contribution in [1.29, 1.82) is 0 Å². The first-order chi connectivity index (χ1) is 9.13. The minimum absolute atomic E-state index is 0.263. The average Bonchev–Trinajstić information content (AvgIpc) is 2.42. The molecule has 0 aliphatic carbocycles. The van der Waals surface area contributed by atoms with E-state index in [9.17, 15) is 4.39 Å². The van der Waals surface area contributed by atoms with E-state index >= 15 is 0 Å². The van der Waals surface area contributed by atoms with E-state index in [0.29, 0.717) is 16.3 Å². The van der Waals surface area contributed by atoms with Gasteiger partial charge in [0.15, 0.2) is 0 Å². The molecule has 2 rings (SSSR count). The summed E-state index contributed by atoms with van der Waals surface area (Å²) in [6.07, 6.45) is 0.756. The number of piperazine rings is 1. The molecule has 19 heavy (non-hydrogen) atoms. The third-order valence-corrected chi connectivity index (χ3v) is 3.93. The van der Waals surface area contributed by atoms with Gasteiger partial charge in [-0.3, -0.25) is 0 Å². The number of nitrogens with zero attached hydrogens (tertiary/aromatic N) is 1. The standard InChI is InChI=1S/C14H20ClFN2O/c1-10-11(3-6-18-7-4-17-5-8-18)14(19-2)12(15)9-13(10)16/h9,17H,3-8H2,1-2H3. The van der Waals surface area contributed by atoms with Crippen molar-refractivity contribution in [3.05, 3.63) is 28.0 Å². The van der Waals surface area contributed by atoms with E-state index in [4.69, 9.17) is 16.3 Å². The van der Waals surface area contributed by atoms with Crippen LogP contribution >= 0.6 is 11.6 Å². The highest BCUT2D eigenvalue weighted by Crippen LogP contribution is 2.33. The first kappa shape index (κ1) is 14.6. The maximum absolute atomic E-state index is 13.8. The van der Waals surface area contributed by atoms with Crippen molar-refractivity contribution >= 4 is 11.6 Å². The van der Waals surface area contributed by atoms with Crippen LogP contribution in [-0.4, -0.2) is 44.7 Å². The zero-order valence-electron chi connectivity index (χ0n) is 11.4. The summed E-state index contributed by atoms with van der Waals surface area (Å²) in [6.45, 7) is 6.77. The molecule has 0 aromatic heterocycles. The summed E-state index contributed by atoms with van der Waals surface area (Å²) in [4.78, 5) is 2.37. The van der Waals surface area contributed by atoms with Crippen LogP contribution < -0.4 is 10.1 Å². The van der Waals surface area contributed by atoms with Crippen LogP contribution in [0.5, 0.6) is 5.75 Å². The molecule has 0 atom stereocenters. The molecular formula is C14H20ClFN2O. The molecule has 1 heterocycles. The van der Waals surface area contributed by atoms with Crippen molar-refractivity contribution in [2.24, 2.45) is 0 Å². The molecule has 5 heteroatoms. The van der Waals surface area contributed by atoms with E-state index in [-0.39, 0.29) is 5.82 Å². The Morgan fingerprint density at radius 1 is 1.42 bits per heavy atom. The smallest absolute Gasteiger partial charge is 0.141 e. The van der Waals surface area contributed by atoms with Gasteiger partial charge in [0.25, 0.3) is 0 Å². The Kier molecular flexibility index (Phi) is 5.02. The minimum atomic E-state index is -0.263. The summed E-state index contributed by atoms with van der Waals surface area (Å²) in [5.74, 6) is 0.344. The number of hydrogen-bond acceptors (Lipinski definition) is 3. The maximum atomic E-state index is 13.8. The van der Waals surface area contributed by atoms with E-state index in [1.165, 1.54) is 6.07 Å². The highest BCUT2D eigenvalue weighted by atomic mass is 35.5. The number of nitrogens with one attached hydrogen (secondary N) is 1. The van der Waals surface area contributed by atoms with Gasteiger partial charge in [0, 0.05) is 38.3 Å². The Balaban J connectivity index is 2.13. The summed E-state index contributed by atoms with van der Waals surface area (Å²) in [5, 5.41) is 3.67. The number of benzene rings is 1. The van der Waals surface area contributed by atoms with Crippen LogP contribution in [-0.2, 0) is 6.42 Å². The Hall–Kier alpha value is -0.840. The third-order valence-electron chi connectivity index (χ3n) is 3.65. The van der Waals surface area contributed by atoms with Gasteiger partial charge in [-0.05, 0) is 25.0 Å². The van der Waals surface area contributed by atoms with Crippen LogP contribution in [0, 0.1) is 12.7 Å². The molecule has 1 N–H and O–H groups in total. The van der Waals surface area contributed by atoms with E-state index < -0.39 is 0 Å².